The molecular weight excluding hydrogens is 250 g/mol. The molecule has 1 aliphatic carbocycles. The number of para-hydroxylation sites is 1. The lowest BCUT2D eigenvalue weighted by Crippen LogP contribution is -2.33. The minimum atomic E-state index is -0.126. The molecule has 0 heterocycles. The van der Waals surface area contributed by atoms with Gasteiger partial charge in [-0.3, -0.25) is 0 Å². The third kappa shape index (κ3) is 4.50. The van der Waals surface area contributed by atoms with Crippen molar-refractivity contribution in [3.63, 3.8) is 0 Å². The Balaban J connectivity index is 1.84. The summed E-state index contributed by atoms with van der Waals surface area (Å²) in [4.78, 5) is 0. The molecule has 1 aromatic rings. The minimum Gasteiger partial charge on any atom is -0.491 e. The first-order valence-electron chi connectivity index (χ1n) is 7.80. The van der Waals surface area contributed by atoms with Crippen LogP contribution in [0.25, 0.3) is 0 Å². The molecule has 1 fully saturated rings. The number of ether oxygens (including phenoxy) is 1. The Morgan fingerprint density at radius 3 is 2.75 bits per heavy atom. The Labute approximate surface area is 122 Å². The molecule has 0 aliphatic heterocycles. The average Bonchev–Trinajstić information content (AvgIpc) is 2.42. The second-order valence-corrected chi connectivity index (χ2v) is 6.02. The van der Waals surface area contributed by atoms with Gasteiger partial charge in [-0.2, -0.15) is 0 Å². The molecule has 1 saturated carbocycles. The lowest BCUT2D eigenvalue weighted by Gasteiger charge is -2.27. The van der Waals surface area contributed by atoms with Crippen LogP contribution in [0.15, 0.2) is 24.3 Å². The van der Waals surface area contributed by atoms with Crippen molar-refractivity contribution < 1.29 is 9.84 Å². The van der Waals surface area contributed by atoms with E-state index in [1.54, 1.807) is 0 Å². The standard InChI is InChI=1S/C17H27NO2/c1-13(2)20-17-10-6-4-8-15(17)12-18-11-14-7-3-5-9-16(14)19/h4,6,8,10,13-14,16,18-19H,3,5,7,9,11-12H2,1-2H3. The van der Waals surface area contributed by atoms with Crippen molar-refractivity contribution in [1.29, 1.82) is 0 Å². The second-order valence-electron chi connectivity index (χ2n) is 6.02. The van der Waals surface area contributed by atoms with Gasteiger partial charge in [-0.25, -0.2) is 0 Å². The number of rotatable bonds is 6. The number of benzene rings is 1. The van der Waals surface area contributed by atoms with Crippen LogP contribution in [-0.2, 0) is 6.54 Å². The van der Waals surface area contributed by atoms with Crippen LogP contribution in [0.5, 0.6) is 5.75 Å². The van der Waals surface area contributed by atoms with E-state index in [1.807, 2.05) is 32.0 Å². The SMILES string of the molecule is CC(C)Oc1ccccc1CNCC1CCCCC1O. The van der Waals surface area contributed by atoms with Crippen molar-refractivity contribution in [1.82, 2.24) is 5.32 Å². The number of aliphatic hydroxyl groups is 1. The zero-order chi connectivity index (χ0) is 14.4. The third-order valence-corrected chi connectivity index (χ3v) is 3.93. The maximum Gasteiger partial charge on any atom is 0.124 e. The maximum atomic E-state index is 9.97. The van der Waals surface area contributed by atoms with E-state index in [1.165, 1.54) is 18.4 Å². The highest BCUT2D eigenvalue weighted by Crippen LogP contribution is 2.24. The van der Waals surface area contributed by atoms with Crippen LogP contribution in [0.4, 0.5) is 0 Å². The summed E-state index contributed by atoms with van der Waals surface area (Å²) in [6, 6.07) is 8.17. The van der Waals surface area contributed by atoms with Crippen LogP contribution in [0.1, 0.15) is 45.1 Å². The van der Waals surface area contributed by atoms with Gasteiger partial charge in [-0.05, 0) is 38.7 Å². The summed E-state index contributed by atoms with van der Waals surface area (Å²) in [6.07, 6.45) is 4.58. The lowest BCUT2D eigenvalue weighted by molar-refractivity contribution is 0.0694. The summed E-state index contributed by atoms with van der Waals surface area (Å²) in [5, 5.41) is 13.5. The molecule has 2 unspecified atom stereocenters. The van der Waals surface area contributed by atoms with Gasteiger partial charge in [0.1, 0.15) is 5.75 Å². The van der Waals surface area contributed by atoms with Crippen LogP contribution >= 0.6 is 0 Å². The van der Waals surface area contributed by atoms with Crippen LogP contribution < -0.4 is 10.1 Å². The smallest absolute Gasteiger partial charge is 0.124 e. The van der Waals surface area contributed by atoms with E-state index >= 15 is 0 Å². The minimum absolute atomic E-state index is 0.126. The summed E-state index contributed by atoms with van der Waals surface area (Å²) < 4.78 is 5.82. The maximum absolute atomic E-state index is 9.97. The largest absolute Gasteiger partial charge is 0.491 e. The van der Waals surface area contributed by atoms with Gasteiger partial charge in [-0.15, -0.1) is 0 Å². The Kier molecular flexibility index (Phi) is 5.86. The highest BCUT2D eigenvalue weighted by Gasteiger charge is 2.22. The quantitative estimate of drug-likeness (QED) is 0.839. The van der Waals surface area contributed by atoms with E-state index in [0.29, 0.717) is 5.92 Å². The van der Waals surface area contributed by atoms with Gasteiger partial charge in [0.05, 0.1) is 12.2 Å². The average molecular weight is 277 g/mol. The molecule has 2 rings (SSSR count). The molecule has 112 valence electrons. The van der Waals surface area contributed by atoms with Crippen molar-refractivity contribution in [2.45, 2.75) is 58.3 Å². The summed E-state index contributed by atoms with van der Waals surface area (Å²) in [5.74, 6) is 1.36. The molecule has 0 radical (unpaired) electrons. The first-order valence-corrected chi connectivity index (χ1v) is 7.80. The Hall–Kier alpha value is -1.06. The van der Waals surface area contributed by atoms with Gasteiger partial charge < -0.3 is 15.2 Å². The molecule has 0 amide bonds. The molecule has 0 aromatic heterocycles. The summed E-state index contributed by atoms with van der Waals surface area (Å²) in [7, 11) is 0. The normalized spacial score (nSPS) is 23.0. The Bertz CT molecular complexity index is 406. The van der Waals surface area contributed by atoms with E-state index in [0.717, 1.165) is 31.7 Å². The number of nitrogens with one attached hydrogen (secondary N) is 1. The zero-order valence-electron chi connectivity index (χ0n) is 12.6. The van der Waals surface area contributed by atoms with Crippen LogP contribution in [0.2, 0.25) is 0 Å². The third-order valence-electron chi connectivity index (χ3n) is 3.93. The number of hydrogen-bond acceptors (Lipinski definition) is 3. The van der Waals surface area contributed by atoms with Crippen molar-refractivity contribution in [2.24, 2.45) is 5.92 Å². The van der Waals surface area contributed by atoms with Crippen LogP contribution in [0.3, 0.4) is 0 Å². The first kappa shape index (κ1) is 15.3. The predicted molar refractivity (Wildman–Crippen MR) is 81.9 cm³/mol. The predicted octanol–water partition coefficient (Wildman–Crippen LogP) is 3.11. The van der Waals surface area contributed by atoms with Crippen LogP contribution in [-0.4, -0.2) is 23.9 Å². The van der Waals surface area contributed by atoms with Crippen molar-refractivity contribution in [3.8, 4) is 5.75 Å². The molecule has 0 bridgehead atoms. The van der Waals surface area contributed by atoms with E-state index in [9.17, 15) is 5.11 Å². The summed E-state index contributed by atoms with van der Waals surface area (Å²) in [6.45, 7) is 5.77. The number of hydrogen-bond donors (Lipinski definition) is 2. The van der Waals surface area contributed by atoms with E-state index in [2.05, 4.69) is 11.4 Å². The van der Waals surface area contributed by atoms with Gasteiger partial charge >= 0.3 is 0 Å². The first-order chi connectivity index (χ1) is 9.66. The van der Waals surface area contributed by atoms with E-state index in [4.69, 9.17) is 4.74 Å². The lowest BCUT2D eigenvalue weighted by atomic mass is 9.86. The van der Waals surface area contributed by atoms with Gasteiger partial charge in [-0.1, -0.05) is 31.0 Å². The zero-order valence-corrected chi connectivity index (χ0v) is 12.6. The Morgan fingerprint density at radius 1 is 1.25 bits per heavy atom. The highest BCUT2D eigenvalue weighted by atomic mass is 16.5. The van der Waals surface area contributed by atoms with Gasteiger partial charge in [0, 0.05) is 18.7 Å². The molecule has 2 atom stereocenters. The summed E-state index contributed by atoms with van der Waals surface area (Å²) in [5.41, 5.74) is 1.19. The van der Waals surface area contributed by atoms with Gasteiger partial charge in [0.15, 0.2) is 0 Å². The van der Waals surface area contributed by atoms with Crippen molar-refractivity contribution >= 4 is 0 Å². The molecule has 1 aliphatic rings. The highest BCUT2D eigenvalue weighted by molar-refractivity contribution is 5.33. The molecule has 3 nitrogen and oxygen atoms in total. The topological polar surface area (TPSA) is 41.5 Å². The monoisotopic (exact) mass is 277 g/mol. The molecule has 0 saturated heterocycles. The van der Waals surface area contributed by atoms with Crippen LogP contribution in [0, 0.1) is 5.92 Å². The molecule has 1 aromatic carbocycles. The fraction of sp³-hybridized carbons (Fsp3) is 0.647. The van der Waals surface area contributed by atoms with Gasteiger partial charge in [0.2, 0.25) is 0 Å². The molecule has 0 spiro atoms. The fourth-order valence-electron chi connectivity index (χ4n) is 2.84. The molecule has 2 N–H and O–H groups in total. The van der Waals surface area contributed by atoms with E-state index < -0.39 is 0 Å². The second kappa shape index (κ2) is 7.65. The molecular formula is C17H27NO2. The van der Waals surface area contributed by atoms with Crippen molar-refractivity contribution in [3.05, 3.63) is 29.8 Å². The summed E-state index contributed by atoms with van der Waals surface area (Å²) >= 11 is 0. The van der Waals surface area contributed by atoms with Crippen molar-refractivity contribution in [2.75, 3.05) is 6.54 Å². The van der Waals surface area contributed by atoms with Gasteiger partial charge in [0.25, 0.3) is 0 Å². The fourth-order valence-corrected chi connectivity index (χ4v) is 2.84. The molecule has 3 heteroatoms. The van der Waals surface area contributed by atoms with E-state index in [-0.39, 0.29) is 12.2 Å². The molecule has 20 heavy (non-hydrogen) atoms. The Morgan fingerprint density at radius 2 is 2.00 bits per heavy atom. The number of aliphatic hydroxyl groups excluding tert-OH is 1.